The molecule has 0 aliphatic heterocycles. The highest BCUT2D eigenvalue weighted by molar-refractivity contribution is 5.89. The van der Waals surface area contributed by atoms with E-state index in [1.54, 1.807) is 0 Å². The Morgan fingerprint density at radius 2 is 1.53 bits per heavy atom. The van der Waals surface area contributed by atoms with Gasteiger partial charge in [-0.25, -0.2) is 9.59 Å². The van der Waals surface area contributed by atoms with Gasteiger partial charge in [-0.2, -0.15) is 0 Å². The number of alkyl carbamates (subject to hydrolysis) is 1. The van der Waals surface area contributed by atoms with Gasteiger partial charge in [0.1, 0.15) is 19.2 Å². The fraction of sp³-hybridized carbons (Fsp3) is 0.304. The van der Waals surface area contributed by atoms with E-state index < -0.39 is 29.9 Å². The predicted octanol–water partition coefficient (Wildman–Crippen LogP) is 1.57. The van der Waals surface area contributed by atoms with E-state index >= 15 is 0 Å². The molecule has 1 atom stereocenters. The van der Waals surface area contributed by atoms with Crippen molar-refractivity contribution in [2.24, 2.45) is 0 Å². The summed E-state index contributed by atoms with van der Waals surface area (Å²) in [5, 5.41) is 13.6. The van der Waals surface area contributed by atoms with Crippen LogP contribution in [-0.4, -0.2) is 66.7 Å². The second-order valence-electron chi connectivity index (χ2n) is 7.47. The van der Waals surface area contributed by atoms with Crippen molar-refractivity contribution in [3.05, 3.63) is 59.7 Å². The predicted molar refractivity (Wildman–Crippen MR) is 116 cm³/mol. The first-order valence-electron chi connectivity index (χ1n) is 10.1. The van der Waals surface area contributed by atoms with Gasteiger partial charge in [0.25, 0.3) is 0 Å². The topological polar surface area (TPSA) is 125 Å². The number of amides is 3. The number of hydrogen-bond acceptors (Lipinski definition) is 5. The number of carbonyl (C=O) groups is 4. The normalized spacial score (nSPS) is 12.8. The molecule has 1 unspecified atom stereocenters. The summed E-state index contributed by atoms with van der Waals surface area (Å²) < 4.78 is 5.34. The van der Waals surface area contributed by atoms with Gasteiger partial charge in [-0.1, -0.05) is 48.5 Å². The van der Waals surface area contributed by atoms with Gasteiger partial charge in [-0.05, 0) is 29.2 Å². The first-order chi connectivity index (χ1) is 15.3. The number of carboxylic acids is 1. The Hall–Kier alpha value is -3.88. The van der Waals surface area contributed by atoms with Crippen LogP contribution in [0.25, 0.3) is 11.1 Å². The third-order valence-electron chi connectivity index (χ3n) is 5.51. The number of likely N-dealkylation sites (N-methyl/N-ethyl adjacent to an activating group) is 1. The maximum absolute atomic E-state index is 12.1. The fourth-order valence-electron chi connectivity index (χ4n) is 3.54. The highest BCUT2D eigenvalue weighted by Crippen LogP contribution is 2.44. The van der Waals surface area contributed by atoms with Gasteiger partial charge in [0.05, 0.1) is 6.54 Å². The van der Waals surface area contributed by atoms with Gasteiger partial charge in [0, 0.05) is 13.0 Å². The smallest absolute Gasteiger partial charge is 0.407 e. The molecule has 0 aromatic heterocycles. The summed E-state index contributed by atoms with van der Waals surface area (Å²) in [4.78, 5) is 47.8. The summed E-state index contributed by atoms with van der Waals surface area (Å²) >= 11 is 0. The van der Waals surface area contributed by atoms with Gasteiger partial charge < -0.3 is 25.4 Å². The second-order valence-corrected chi connectivity index (χ2v) is 7.47. The molecule has 2 aromatic carbocycles. The zero-order valence-electron chi connectivity index (χ0n) is 17.8. The van der Waals surface area contributed by atoms with E-state index in [-0.39, 0.29) is 25.6 Å². The molecule has 3 amide bonds. The Balaban J connectivity index is 1.45. The quantitative estimate of drug-likeness (QED) is 0.573. The molecule has 1 aliphatic rings. The molecule has 9 heteroatoms. The average molecular weight is 439 g/mol. The molecule has 9 nitrogen and oxygen atoms in total. The number of aliphatic carboxylic acids is 1. The van der Waals surface area contributed by atoms with Crippen LogP contribution in [0.5, 0.6) is 0 Å². The number of ether oxygens (including phenoxy) is 1. The van der Waals surface area contributed by atoms with Crippen molar-refractivity contribution in [3.8, 4) is 11.1 Å². The first kappa shape index (κ1) is 22.8. The zero-order valence-corrected chi connectivity index (χ0v) is 17.8. The molecule has 0 saturated heterocycles. The lowest BCUT2D eigenvalue weighted by molar-refractivity contribution is -0.148. The second kappa shape index (κ2) is 9.95. The molecule has 0 heterocycles. The number of hydrogen-bond donors (Lipinski definition) is 3. The van der Waals surface area contributed by atoms with Crippen molar-refractivity contribution in [1.29, 1.82) is 0 Å². The lowest BCUT2D eigenvalue weighted by atomic mass is 9.98. The van der Waals surface area contributed by atoms with Crippen molar-refractivity contribution < 1.29 is 29.0 Å². The molecule has 0 saturated carbocycles. The molecular weight excluding hydrogens is 414 g/mol. The SMILES string of the molecule is CC(C(=O)O)N(C)C(=O)CNC(=O)CNC(=O)OCC1c2ccccc2-c2ccccc21. The Morgan fingerprint density at radius 1 is 0.969 bits per heavy atom. The van der Waals surface area contributed by atoms with Crippen LogP contribution in [0, 0.1) is 0 Å². The van der Waals surface area contributed by atoms with Crippen LogP contribution >= 0.6 is 0 Å². The molecule has 32 heavy (non-hydrogen) atoms. The lowest BCUT2D eigenvalue weighted by Gasteiger charge is -2.21. The third kappa shape index (κ3) is 5.05. The van der Waals surface area contributed by atoms with Crippen molar-refractivity contribution in [1.82, 2.24) is 15.5 Å². The molecule has 2 aromatic rings. The minimum absolute atomic E-state index is 0.0913. The van der Waals surface area contributed by atoms with Gasteiger partial charge in [0.15, 0.2) is 0 Å². The van der Waals surface area contributed by atoms with E-state index in [1.165, 1.54) is 14.0 Å². The monoisotopic (exact) mass is 439 g/mol. The molecule has 0 spiro atoms. The maximum atomic E-state index is 12.1. The Kier molecular flexibility index (Phi) is 7.09. The molecule has 1 aliphatic carbocycles. The number of nitrogens with zero attached hydrogens (tertiary/aromatic N) is 1. The summed E-state index contributed by atoms with van der Waals surface area (Å²) in [7, 11) is 1.34. The molecule has 0 bridgehead atoms. The van der Waals surface area contributed by atoms with Gasteiger partial charge in [-0.15, -0.1) is 0 Å². The van der Waals surface area contributed by atoms with Crippen LogP contribution in [-0.2, 0) is 19.1 Å². The largest absolute Gasteiger partial charge is 0.480 e. The highest BCUT2D eigenvalue weighted by Gasteiger charge is 2.29. The first-order valence-corrected chi connectivity index (χ1v) is 10.1. The lowest BCUT2D eigenvalue weighted by Crippen LogP contribution is -2.46. The standard InChI is InChI=1S/C23H25N3O6/c1-14(22(29)30)26(2)21(28)12-24-20(27)11-25-23(31)32-13-19-17-9-5-3-7-15(17)16-8-4-6-10-18(16)19/h3-10,14,19H,11-13H2,1-2H3,(H,24,27)(H,25,31)(H,29,30). The molecular formula is C23H25N3O6. The van der Waals surface area contributed by atoms with E-state index in [1.807, 2.05) is 48.5 Å². The number of carboxylic acid groups (broad SMARTS) is 1. The van der Waals surface area contributed by atoms with Crippen molar-refractivity contribution in [2.45, 2.75) is 18.9 Å². The Morgan fingerprint density at radius 3 is 2.09 bits per heavy atom. The Labute approximate surface area is 185 Å². The molecule has 168 valence electrons. The summed E-state index contributed by atoms with van der Waals surface area (Å²) in [5.41, 5.74) is 4.39. The summed E-state index contributed by atoms with van der Waals surface area (Å²) in [6.07, 6.45) is -0.745. The zero-order chi connectivity index (χ0) is 23.3. The van der Waals surface area contributed by atoms with Crippen LogP contribution in [0.4, 0.5) is 4.79 Å². The molecule has 3 rings (SSSR count). The summed E-state index contributed by atoms with van der Waals surface area (Å²) in [5.74, 6) is -2.40. The van der Waals surface area contributed by atoms with E-state index in [9.17, 15) is 19.2 Å². The highest BCUT2D eigenvalue weighted by atomic mass is 16.5. The van der Waals surface area contributed by atoms with Crippen LogP contribution in [0.2, 0.25) is 0 Å². The number of rotatable bonds is 8. The van der Waals surface area contributed by atoms with Gasteiger partial charge in [0.2, 0.25) is 11.8 Å². The number of fused-ring (bicyclic) bond motifs is 3. The van der Waals surface area contributed by atoms with Gasteiger partial charge in [-0.3, -0.25) is 9.59 Å². The maximum Gasteiger partial charge on any atom is 0.407 e. The number of nitrogens with one attached hydrogen (secondary N) is 2. The van der Waals surface area contributed by atoms with Crippen molar-refractivity contribution in [2.75, 3.05) is 26.7 Å². The molecule has 0 radical (unpaired) electrons. The summed E-state index contributed by atoms with van der Waals surface area (Å²) in [6, 6.07) is 14.9. The molecule has 3 N–H and O–H groups in total. The van der Waals surface area contributed by atoms with Crippen LogP contribution < -0.4 is 10.6 Å². The minimum Gasteiger partial charge on any atom is -0.480 e. The fourth-order valence-corrected chi connectivity index (χ4v) is 3.54. The van der Waals surface area contributed by atoms with Crippen molar-refractivity contribution in [3.63, 3.8) is 0 Å². The Bertz CT molecular complexity index is 992. The average Bonchev–Trinajstić information content (AvgIpc) is 3.12. The van der Waals surface area contributed by atoms with Crippen LogP contribution in [0.3, 0.4) is 0 Å². The number of benzene rings is 2. The van der Waals surface area contributed by atoms with Crippen LogP contribution in [0.1, 0.15) is 24.0 Å². The van der Waals surface area contributed by atoms with Crippen molar-refractivity contribution >= 4 is 23.9 Å². The number of carbonyl (C=O) groups excluding carboxylic acids is 3. The summed E-state index contributed by atoms with van der Waals surface area (Å²) in [6.45, 7) is 0.736. The third-order valence-corrected chi connectivity index (χ3v) is 5.51. The minimum atomic E-state index is -1.15. The van der Waals surface area contributed by atoms with E-state index in [2.05, 4.69) is 10.6 Å². The molecule has 0 fully saturated rings. The van der Waals surface area contributed by atoms with E-state index in [0.29, 0.717) is 0 Å². The van der Waals surface area contributed by atoms with E-state index in [4.69, 9.17) is 9.84 Å². The van der Waals surface area contributed by atoms with Crippen LogP contribution in [0.15, 0.2) is 48.5 Å². The van der Waals surface area contributed by atoms with Gasteiger partial charge >= 0.3 is 12.1 Å². The van der Waals surface area contributed by atoms with E-state index in [0.717, 1.165) is 27.2 Å².